The van der Waals surface area contributed by atoms with E-state index in [1.807, 2.05) is 36.4 Å². The number of nitrogens with one attached hydrogen (secondary N) is 3. The van der Waals surface area contributed by atoms with Gasteiger partial charge < -0.3 is 47.6 Å². The fourth-order valence-electron chi connectivity index (χ4n) is 6.32. The Kier molecular flexibility index (Phi) is 9.89. The highest BCUT2D eigenvalue weighted by molar-refractivity contribution is 9.10. The number of hydrogen-bond donors (Lipinski definition) is 8. The maximum absolute atomic E-state index is 14.5. The molecule has 0 unspecified atom stereocenters. The summed E-state index contributed by atoms with van der Waals surface area (Å²) in [4.78, 5) is 40.2. The van der Waals surface area contributed by atoms with Crippen LogP contribution in [0.2, 0.25) is 0 Å². The van der Waals surface area contributed by atoms with E-state index in [2.05, 4.69) is 52.1 Å². The first-order chi connectivity index (χ1) is 21.5. The fraction of sp³-hybridized carbons (Fsp3) is 0.387. The molecule has 11 N–H and O–H groups in total. The molecule has 3 atom stereocenters. The average Bonchev–Trinajstić information content (AvgIpc) is 3.63. The third kappa shape index (κ3) is 6.34. The molecule has 0 radical (unpaired) electrons. The zero-order valence-electron chi connectivity index (χ0n) is 24.7. The van der Waals surface area contributed by atoms with Crippen LogP contribution in [0.4, 0.5) is 0 Å². The van der Waals surface area contributed by atoms with Gasteiger partial charge in [0, 0.05) is 69.2 Å². The molecule has 0 aliphatic carbocycles. The van der Waals surface area contributed by atoms with E-state index in [-0.39, 0.29) is 25.5 Å². The van der Waals surface area contributed by atoms with E-state index >= 15 is 0 Å². The molecule has 12 nitrogen and oxygen atoms in total. The normalized spacial score (nSPS) is 21.6. The number of hydrogen-bond acceptors (Lipinski definition) is 6. The monoisotopic (exact) mass is 744 g/mol. The molecule has 5 rings (SSSR count). The van der Waals surface area contributed by atoms with E-state index in [4.69, 9.17) is 17.2 Å². The molecule has 1 saturated heterocycles. The molecule has 1 aliphatic heterocycles. The number of aromatic amines is 2. The van der Waals surface area contributed by atoms with Crippen molar-refractivity contribution in [2.45, 2.75) is 49.3 Å². The van der Waals surface area contributed by atoms with Crippen LogP contribution >= 0.6 is 31.9 Å². The number of aliphatic imine (C=N–C) groups is 1. The number of H-pyrrole nitrogens is 2. The van der Waals surface area contributed by atoms with E-state index in [0.717, 1.165) is 24.7 Å². The molecule has 3 heterocycles. The number of rotatable bonds is 13. The van der Waals surface area contributed by atoms with Crippen LogP contribution in [0.5, 0.6) is 0 Å². The summed E-state index contributed by atoms with van der Waals surface area (Å²) in [6, 6.07) is 11.2. The zero-order valence-corrected chi connectivity index (χ0v) is 27.8. The maximum atomic E-state index is 14.5. The number of amides is 2. The number of likely N-dealkylation sites (tertiary alicyclic amines) is 1. The number of benzene rings is 2. The van der Waals surface area contributed by atoms with E-state index in [1.165, 1.54) is 0 Å². The van der Waals surface area contributed by atoms with E-state index in [9.17, 15) is 19.8 Å². The predicted molar refractivity (Wildman–Crippen MR) is 181 cm³/mol. The SMILES string of the molecule is NCCCCNC(=O)[C@@]1(O)[C@H](c2c[nH]c3cc(Br)ccc23)[C@@](O)(Cc2c[nH]c3cc(Br)ccc23)C(=O)N1CCCCN=C(N)N. The van der Waals surface area contributed by atoms with Crippen molar-refractivity contribution in [3.63, 3.8) is 0 Å². The Hall–Kier alpha value is -3.43. The molecule has 4 aromatic rings. The Labute approximate surface area is 277 Å². The van der Waals surface area contributed by atoms with Crippen molar-refractivity contribution >= 4 is 71.4 Å². The van der Waals surface area contributed by atoms with Gasteiger partial charge >= 0.3 is 0 Å². The van der Waals surface area contributed by atoms with Crippen molar-refractivity contribution in [1.29, 1.82) is 0 Å². The van der Waals surface area contributed by atoms with Crippen molar-refractivity contribution in [2.75, 3.05) is 26.2 Å². The van der Waals surface area contributed by atoms with Gasteiger partial charge in [0.1, 0.15) is 0 Å². The molecule has 0 bridgehead atoms. The number of aliphatic hydroxyl groups is 2. The molecule has 0 saturated carbocycles. The summed E-state index contributed by atoms with van der Waals surface area (Å²) in [5.41, 5.74) is 14.6. The molecule has 14 heteroatoms. The van der Waals surface area contributed by atoms with Crippen molar-refractivity contribution in [3.05, 3.63) is 68.9 Å². The summed E-state index contributed by atoms with van der Waals surface area (Å²) >= 11 is 6.97. The lowest BCUT2D eigenvalue weighted by Gasteiger charge is -2.37. The van der Waals surface area contributed by atoms with Crippen LogP contribution in [0, 0.1) is 0 Å². The maximum Gasteiger partial charge on any atom is 0.274 e. The molecule has 1 aliphatic rings. The first-order valence-corrected chi connectivity index (χ1v) is 16.4. The third-order valence-corrected chi connectivity index (χ3v) is 9.40. The van der Waals surface area contributed by atoms with Crippen LogP contribution in [0.25, 0.3) is 21.8 Å². The predicted octanol–water partition coefficient (Wildman–Crippen LogP) is 2.67. The van der Waals surface area contributed by atoms with Gasteiger partial charge in [0.25, 0.3) is 11.8 Å². The minimum absolute atomic E-state index is 0.0148. The molecule has 2 aromatic heterocycles. The Morgan fingerprint density at radius 3 is 2.33 bits per heavy atom. The minimum Gasteiger partial charge on any atom is -0.379 e. The van der Waals surface area contributed by atoms with Gasteiger partial charge in [-0.2, -0.15) is 0 Å². The molecule has 45 heavy (non-hydrogen) atoms. The Morgan fingerprint density at radius 2 is 1.64 bits per heavy atom. The second-order valence-corrected chi connectivity index (χ2v) is 13.3. The number of guanidine groups is 1. The first-order valence-electron chi connectivity index (χ1n) is 14.8. The number of nitrogens with two attached hydrogens (primary N) is 3. The summed E-state index contributed by atoms with van der Waals surface area (Å²) in [6.45, 7) is 0.992. The average molecular weight is 747 g/mol. The number of unbranched alkanes of at least 4 members (excludes halogenated alkanes) is 2. The molecule has 240 valence electrons. The van der Waals surface area contributed by atoms with Gasteiger partial charge in [-0.05, 0) is 67.6 Å². The quantitative estimate of drug-likeness (QED) is 0.0582. The lowest BCUT2D eigenvalue weighted by molar-refractivity contribution is -0.167. The Morgan fingerprint density at radius 1 is 0.978 bits per heavy atom. The summed E-state index contributed by atoms with van der Waals surface area (Å²) < 4.78 is 1.69. The number of aromatic nitrogens is 2. The van der Waals surface area contributed by atoms with Crippen LogP contribution in [0.15, 0.2) is 62.7 Å². The van der Waals surface area contributed by atoms with Crippen LogP contribution in [0.3, 0.4) is 0 Å². The van der Waals surface area contributed by atoms with Crippen LogP contribution < -0.4 is 22.5 Å². The largest absolute Gasteiger partial charge is 0.379 e. The number of halogens is 2. The minimum atomic E-state index is -2.43. The number of fused-ring (bicyclic) bond motifs is 2. The topological polar surface area (TPSA) is 212 Å². The lowest BCUT2D eigenvalue weighted by Crippen LogP contribution is -2.59. The van der Waals surface area contributed by atoms with E-state index < -0.39 is 29.1 Å². The van der Waals surface area contributed by atoms with Gasteiger partial charge in [-0.1, -0.05) is 44.0 Å². The number of nitrogens with zero attached hydrogens (tertiary/aromatic N) is 2. The summed E-state index contributed by atoms with van der Waals surface area (Å²) in [5.74, 6) is -2.92. The second kappa shape index (κ2) is 13.5. The Balaban J connectivity index is 1.63. The standard InChI is InChI=1S/C31H38Br2N8O4/c32-19-5-7-21-18(16-39-24(21)13-19)15-30(44)26(23-17-40-25-14-20(33)6-8-22(23)25)31(45,27(42)37-10-2-1-9-34)41(28(30)43)12-4-3-11-38-29(35)36/h5-8,13-14,16-17,26,39-40,44-45H,1-4,9-12,15,34H2,(H,37,42)(H4,35,36,38)/t26-,30+,31+/m1/s1. The van der Waals surface area contributed by atoms with E-state index in [0.29, 0.717) is 60.8 Å². The highest BCUT2D eigenvalue weighted by atomic mass is 79.9. The summed E-state index contributed by atoms with van der Waals surface area (Å²) in [7, 11) is 0. The van der Waals surface area contributed by atoms with Gasteiger partial charge in [0.05, 0.1) is 5.92 Å². The first kappa shape index (κ1) is 32.9. The van der Waals surface area contributed by atoms with Crippen LogP contribution in [-0.4, -0.2) is 80.4 Å². The van der Waals surface area contributed by atoms with Gasteiger partial charge in [0.15, 0.2) is 11.6 Å². The number of carbonyl (C=O) groups is 2. The van der Waals surface area contributed by atoms with Crippen molar-refractivity contribution < 1.29 is 19.8 Å². The van der Waals surface area contributed by atoms with Crippen LogP contribution in [0.1, 0.15) is 42.7 Å². The fourth-order valence-corrected chi connectivity index (χ4v) is 7.05. The molecule has 0 spiro atoms. The number of carbonyl (C=O) groups excluding carboxylic acids is 2. The summed E-state index contributed by atoms with van der Waals surface area (Å²) in [6.07, 6.45) is 5.36. The highest BCUT2D eigenvalue weighted by Crippen LogP contribution is 2.51. The molecule has 1 fully saturated rings. The third-order valence-electron chi connectivity index (χ3n) is 8.42. The van der Waals surface area contributed by atoms with Gasteiger partial charge in [-0.3, -0.25) is 14.6 Å². The van der Waals surface area contributed by atoms with Gasteiger partial charge in [-0.15, -0.1) is 0 Å². The lowest BCUT2D eigenvalue weighted by atomic mass is 9.75. The molecular formula is C31H38Br2N8O4. The van der Waals surface area contributed by atoms with Crippen molar-refractivity contribution in [1.82, 2.24) is 20.2 Å². The van der Waals surface area contributed by atoms with E-state index in [1.54, 1.807) is 12.4 Å². The van der Waals surface area contributed by atoms with Crippen molar-refractivity contribution in [3.8, 4) is 0 Å². The molecule has 2 amide bonds. The summed E-state index contributed by atoms with van der Waals surface area (Å²) in [5, 5.41) is 29.6. The van der Waals surface area contributed by atoms with Crippen molar-refractivity contribution in [2.24, 2.45) is 22.2 Å². The second-order valence-electron chi connectivity index (χ2n) is 11.4. The Bertz CT molecular complexity index is 1730. The van der Waals surface area contributed by atoms with Crippen LogP contribution in [-0.2, 0) is 16.0 Å². The smallest absolute Gasteiger partial charge is 0.274 e. The molecule has 2 aromatic carbocycles. The molecular weight excluding hydrogens is 708 g/mol. The van der Waals surface area contributed by atoms with Gasteiger partial charge in [0.2, 0.25) is 5.72 Å². The van der Waals surface area contributed by atoms with Gasteiger partial charge in [-0.25, -0.2) is 0 Å². The zero-order chi connectivity index (χ0) is 32.4. The highest BCUT2D eigenvalue weighted by Gasteiger charge is 2.70.